The van der Waals surface area contributed by atoms with Gasteiger partial charge in [-0.2, -0.15) is 0 Å². The van der Waals surface area contributed by atoms with Crippen molar-refractivity contribution in [2.75, 3.05) is 6.61 Å². The maximum absolute atomic E-state index is 12.6. The average molecular weight is 429 g/mol. The third-order valence-electron chi connectivity index (χ3n) is 4.15. The number of carbonyl (C=O) groups excluding carboxylic acids is 1. The van der Waals surface area contributed by atoms with Crippen LogP contribution >= 0.6 is 23.6 Å². The predicted octanol–water partition coefficient (Wildman–Crippen LogP) is 4.79. The van der Waals surface area contributed by atoms with Gasteiger partial charge in [0.1, 0.15) is 16.7 Å². The number of phenols is 1. The molecule has 6 nitrogen and oxygen atoms in total. The smallest absolute Gasteiger partial charge is 0.329 e. The Balaban J connectivity index is 1.96. The summed E-state index contributed by atoms with van der Waals surface area (Å²) in [5.41, 5.74) is 1.45. The van der Waals surface area contributed by atoms with E-state index in [1.54, 1.807) is 25.1 Å². The van der Waals surface area contributed by atoms with E-state index in [4.69, 9.17) is 17.0 Å². The lowest BCUT2D eigenvalue weighted by Crippen LogP contribution is -2.24. The zero-order valence-electron chi connectivity index (χ0n) is 15.7. The first kappa shape index (κ1) is 20.8. The van der Waals surface area contributed by atoms with Crippen LogP contribution in [-0.2, 0) is 16.0 Å². The molecule has 1 aromatic heterocycles. The van der Waals surface area contributed by atoms with Crippen LogP contribution in [0.5, 0.6) is 11.6 Å². The number of ether oxygens (including phenoxy) is 1. The predicted molar refractivity (Wildman–Crippen MR) is 116 cm³/mol. The highest BCUT2D eigenvalue weighted by Crippen LogP contribution is 2.31. The van der Waals surface area contributed by atoms with Gasteiger partial charge in [-0.15, -0.1) is 0 Å². The van der Waals surface area contributed by atoms with E-state index in [-0.39, 0.29) is 18.2 Å². The molecule has 0 saturated heterocycles. The van der Waals surface area contributed by atoms with Crippen LogP contribution in [0.25, 0.3) is 0 Å². The van der Waals surface area contributed by atoms with Crippen molar-refractivity contribution in [2.45, 2.75) is 19.4 Å². The topological polar surface area (TPSA) is 84.0 Å². The maximum atomic E-state index is 12.6. The van der Waals surface area contributed by atoms with E-state index in [0.29, 0.717) is 20.9 Å². The molecule has 2 N–H and O–H groups in total. The zero-order chi connectivity index (χ0) is 20.8. The Morgan fingerprint density at radius 3 is 2.69 bits per heavy atom. The van der Waals surface area contributed by atoms with Gasteiger partial charge in [-0.1, -0.05) is 47.7 Å². The van der Waals surface area contributed by atoms with Crippen molar-refractivity contribution >= 4 is 41.4 Å². The van der Waals surface area contributed by atoms with Gasteiger partial charge in [0.2, 0.25) is 5.88 Å². The number of thiazole rings is 1. The van der Waals surface area contributed by atoms with Crippen LogP contribution in [-0.4, -0.2) is 33.6 Å². The van der Waals surface area contributed by atoms with Crippen molar-refractivity contribution in [3.63, 3.8) is 0 Å². The van der Waals surface area contributed by atoms with E-state index < -0.39 is 12.0 Å². The van der Waals surface area contributed by atoms with Crippen molar-refractivity contribution in [2.24, 2.45) is 4.99 Å². The van der Waals surface area contributed by atoms with Gasteiger partial charge in [0.15, 0.2) is 3.95 Å². The van der Waals surface area contributed by atoms with Crippen LogP contribution in [0, 0.1) is 3.95 Å². The summed E-state index contributed by atoms with van der Waals surface area (Å²) in [5, 5.41) is 20.3. The highest BCUT2D eigenvalue weighted by atomic mass is 32.1. The number of rotatable bonds is 7. The molecule has 1 heterocycles. The van der Waals surface area contributed by atoms with Crippen LogP contribution < -0.4 is 0 Å². The second-order valence-electron chi connectivity index (χ2n) is 6.16. The fourth-order valence-corrected chi connectivity index (χ4v) is 4.09. The molecule has 1 atom stereocenters. The van der Waals surface area contributed by atoms with E-state index in [1.807, 2.05) is 30.3 Å². The summed E-state index contributed by atoms with van der Waals surface area (Å²) >= 11 is 6.57. The number of aromatic nitrogens is 1. The van der Waals surface area contributed by atoms with E-state index in [9.17, 15) is 15.0 Å². The minimum Gasteiger partial charge on any atom is -0.508 e. The molecule has 0 aliphatic carbocycles. The molecule has 0 aliphatic rings. The van der Waals surface area contributed by atoms with Crippen LogP contribution in [0.4, 0.5) is 5.69 Å². The molecule has 0 bridgehead atoms. The fourth-order valence-electron chi connectivity index (χ4n) is 2.82. The third-order valence-corrected chi connectivity index (χ3v) is 5.47. The normalized spacial score (nSPS) is 12.2. The Kier molecular flexibility index (Phi) is 6.79. The molecular formula is C21H20N2O4S2. The lowest BCUT2D eigenvalue weighted by atomic mass is 10.1. The van der Waals surface area contributed by atoms with Crippen LogP contribution in [0.3, 0.4) is 0 Å². The summed E-state index contributed by atoms with van der Waals surface area (Å²) < 4.78 is 6.97. The van der Waals surface area contributed by atoms with Gasteiger partial charge in [0, 0.05) is 12.5 Å². The van der Waals surface area contributed by atoms with Gasteiger partial charge in [0.05, 0.1) is 18.5 Å². The Morgan fingerprint density at radius 2 is 2.00 bits per heavy atom. The molecule has 1 unspecified atom stereocenters. The van der Waals surface area contributed by atoms with Gasteiger partial charge in [0.25, 0.3) is 0 Å². The minimum absolute atomic E-state index is 0.0966. The summed E-state index contributed by atoms with van der Waals surface area (Å²) in [6, 6.07) is 15.1. The number of phenolic OH excluding ortho intramolecular Hbond substituents is 1. The van der Waals surface area contributed by atoms with Crippen molar-refractivity contribution in [3.05, 3.63) is 69.0 Å². The first-order valence-electron chi connectivity index (χ1n) is 8.97. The maximum Gasteiger partial charge on any atom is 0.329 e. The van der Waals surface area contributed by atoms with E-state index in [0.717, 1.165) is 16.9 Å². The van der Waals surface area contributed by atoms with Gasteiger partial charge in [-0.3, -0.25) is 9.56 Å². The van der Waals surface area contributed by atoms with Crippen LogP contribution in [0.2, 0.25) is 0 Å². The van der Waals surface area contributed by atoms with Gasteiger partial charge in [-0.05, 0) is 36.8 Å². The molecule has 0 fully saturated rings. The molecule has 0 amide bonds. The number of hydrogen-bond donors (Lipinski definition) is 2. The first-order valence-corrected chi connectivity index (χ1v) is 10.2. The third kappa shape index (κ3) is 5.10. The molecule has 0 aliphatic heterocycles. The van der Waals surface area contributed by atoms with Gasteiger partial charge < -0.3 is 14.9 Å². The second kappa shape index (κ2) is 9.49. The average Bonchev–Trinajstić information content (AvgIpc) is 2.99. The molecule has 150 valence electrons. The lowest BCUT2D eigenvalue weighted by molar-refractivity contribution is -0.147. The number of hydrogen-bond acceptors (Lipinski definition) is 7. The standard InChI is InChI=1S/C21H20N2O4S2/c1-2-27-20(26)17(11-14-7-4-3-5-8-14)23-19(25)18(29-21(23)28)13-22-15-9-6-10-16(24)12-15/h3-10,12-13,17,24-25H,2,11H2,1H3. The van der Waals surface area contributed by atoms with Gasteiger partial charge >= 0.3 is 5.97 Å². The number of carbonyl (C=O) groups is 1. The molecule has 29 heavy (non-hydrogen) atoms. The first-order chi connectivity index (χ1) is 14.0. The van der Waals surface area contributed by atoms with Crippen molar-refractivity contribution in [1.82, 2.24) is 4.57 Å². The fraction of sp³-hybridized carbons (Fsp3) is 0.190. The summed E-state index contributed by atoms with van der Waals surface area (Å²) in [6.07, 6.45) is 1.80. The molecule has 2 aromatic carbocycles. The number of aliphatic imine (C=N–C) groups is 1. The van der Waals surface area contributed by atoms with Crippen LogP contribution in [0.15, 0.2) is 59.6 Å². The Hall–Kier alpha value is -2.97. The quantitative estimate of drug-likeness (QED) is 0.321. The number of benzene rings is 2. The molecule has 8 heteroatoms. The highest BCUT2D eigenvalue weighted by Gasteiger charge is 2.27. The molecule has 0 radical (unpaired) electrons. The molecule has 3 aromatic rings. The minimum atomic E-state index is -0.788. The monoisotopic (exact) mass is 428 g/mol. The summed E-state index contributed by atoms with van der Waals surface area (Å²) in [6.45, 7) is 1.96. The summed E-state index contributed by atoms with van der Waals surface area (Å²) in [4.78, 5) is 17.3. The Bertz CT molecular complexity index is 1070. The lowest BCUT2D eigenvalue weighted by Gasteiger charge is -2.18. The van der Waals surface area contributed by atoms with Gasteiger partial charge in [-0.25, -0.2) is 4.79 Å². The second-order valence-corrected chi connectivity index (χ2v) is 7.84. The molecule has 3 rings (SSSR count). The number of nitrogens with zero attached hydrogens (tertiary/aromatic N) is 2. The molecule has 0 saturated carbocycles. The molecule has 0 spiro atoms. The van der Waals surface area contributed by atoms with Crippen molar-refractivity contribution in [3.8, 4) is 11.6 Å². The Labute approximate surface area is 177 Å². The SMILES string of the molecule is CCOC(=O)C(Cc1ccccc1)n1c(O)c(C=Nc2cccc(O)c2)sc1=S. The van der Waals surface area contributed by atoms with Crippen molar-refractivity contribution in [1.29, 1.82) is 0 Å². The molecular weight excluding hydrogens is 408 g/mol. The number of aromatic hydroxyl groups is 2. The van der Waals surface area contributed by atoms with Crippen molar-refractivity contribution < 1.29 is 19.7 Å². The zero-order valence-corrected chi connectivity index (χ0v) is 17.3. The summed E-state index contributed by atoms with van der Waals surface area (Å²) in [7, 11) is 0. The van der Waals surface area contributed by atoms with E-state index in [1.165, 1.54) is 16.8 Å². The van der Waals surface area contributed by atoms with E-state index in [2.05, 4.69) is 4.99 Å². The van der Waals surface area contributed by atoms with Crippen LogP contribution in [0.1, 0.15) is 23.4 Å². The summed E-state index contributed by atoms with van der Waals surface area (Å²) in [5.74, 6) is -0.505. The largest absolute Gasteiger partial charge is 0.508 e. The van der Waals surface area contributed by atoms with E-state index >= 15 is 0 Å². The highest BCUT2D eigenvalue weighted by molar-refractivity contribution is 7.73. The number of esters is 1. The Morgan fingerprint density at radius 1 is 1.24 bits per heavy atom.